The minimum absolute atomic E-state index is 0.0377. The molecule has 3 aromatic rings. The van der Waals surface area contributed by atoms with Crippen molar-refractivity contribution < 1.29 is 0 Å². The summed E-state index contributed by atoms with van der Waals surface area (Å²) in [5, 5.41) is 1.05. The zero-order valence-electron chi connectivity index (χ0n) is 10.5. The Balaban J connectivity index is 2.03. The molecule has 1 heterocycles. The summed E-state index contributed by atoms with van der Waals surface area (Å²) in [5.41, 5.74) is 2.06. The number of pyridine rings is 1. The van der Waals surface area contributed by atoms with Crippen LogP contribution < -0.4 is 5.56 Å². The van der Waals surface area contributed by atoms with Gasteiger partial charge in [-0.1, -0.05) is 47.7 Å². The molecule has 19 heavy (non-hydrogen) atoms. The first kappa shape index (κ1) is 12.1. The van der Waals surface area contributed by atoms with Gasteiger partial charge in [0.05, 0.1) is 4.90 Å². The van der Waals surface area contributed by atoms with Crippen molar-refractivity contribution in [2.24, 2.45) is 0 Å². The molecule has 2 nitrogen and oxygen atoms in total. The number of nitrogens with one attached hydrogen (secondary N) is 1. The third-order valence-corrected chi connectivity index (χ3v) is 4.00. The predicted octanol–water partition coefficient (Wildman–Crippen LogP) is 3.99. The van der Waals surface area contributed by atoms with E-state index < -0.39 is 0 Å². The van der Waals surface area contributed by atoms with E-state index in [0.717, 1.165) is 20.7 Å². The number of hydrogen-bond donors (Lipinski definition) is 1. The highest BCUT2D eigenvalue weighted by atomic mass is 32.2. The predicted molar refractivity (Wildman–Crippen MR) is 79.9 cm³/mol. The molecule has 0 unspecified atom stereocenters. The molecule has 0 saturated carbocycles. The molecule has 0 bridgehead atoms. The molecule has 1 aromatic heterocycles. The molecule has 0 amide bonds. The van der Waals surface area contributed by atoms with Crippen LogP contribution in [-0.4, -0.2) is 4.98 Å². The average Bonchev–Trinajstić information content (AvgIpc) is 2.42. The van der Waals surface area contributed by atoms with Crippen LogP contribution >= 0.6 is 11.8 Å². The molecule has 0 aliphatic heterocycles. The van der Waals surface area contributed by atoms with E-state index in [2.05, 4.69) is 24.0 Å². The first-order valence-electron chi connectivity index (χ1n) is 6.09. The highest BCUT2D eigenvalue weighted by molar-refractivity contribution is 7.99. The zero-order chi connectivity index (χ0) is 13.2. The molecule has 3 heteroatoms. The van der Waals surface area contributed by atoms with Gasteiger partial charge in [0.15, 0.2) is 0 Å². The molecular formula is C16H13NOS. The summed E-state index contributed by atoms with van der Waals surface area (Å²) >= 11 is 1.49. The lowest BCUT2D eigenvalue weighted by Gasteiger charge is -2.03. The number of fused-ring (bicyclic) bond motifs is 1. The van der Waals surface area contributed by atoms with Crippen molar-refractivity contribution in [1.82, 2.24) is 4.98 Å². The van der Waals surface area contributed by atoms with E-state index >= 15 is 0 Å². The van der Waals surface area contributed by atoms with Gasteiger partial charge in [0.1, 0.15) is 0 Å². The molecular weight excluding hydrogens is 254 g/mol. The van der Waals surface area contributed by atoms with E-state index in [9.17, 15) is 4.79 Å². The zero-order valence-corrected chi connectivity index (χ0v) is 11.3. The first-order chi connectivity index (χ1) is 9.22. The molecule has 0 spiro atoms. The van der Waals surface area contributed by atoms with E-state index in [1.54, 1.807) is 0 Å². The van der Waals surface area contributed by atoms with Crippen molar-refractivity contribution in [1.29, 1.82) is 0 Å². The molecule has 0 aliphatic carbocycles. The molecule has 94 valence electrons. The Morgan fingerprint density at radius 3 is 2.53 bits per heavy atom. The van der Waals surface area contributed by atoms with Crippen molar-refractivity contribution in [2.75, 3.05) is 0 Å². The largest absolute Gasteiger partial charge is 0.321 e. The first-order valence-corrected chi connectivity index (χ1v) is 6.90. The second-order valence-corrected chi connectivity index (χ2v) is 5.58. The van der Waals surface area contributed by atoms with E-state index in [-0.39, 0.29) is 5.56 Å². The van der Waals surface area contributed by atoms with Gasteiger partial charge in [0, 0.05) is 10.4 Å². The average molecular weight is 267 g/mol. The lowest BCUT2D eigenvalue weighted by Crippen LogP contribution is -2.07. The Kier molecular flexibility index (Phi) is 3.13. The summed E-state index contributed by atoms with van der Waals surface area (Å²) < 4.78 is 0. The van der Waals surface area contributed by atoms with E-state index in [0.29, 0.717) is 0 Å². The Labute approximate surface area is 115 Å². The number of aromatic amines is 1. The van der Waals surface area contributed by atoms with Crippen LogP contribution in [0.15, 0.2) is 69.2 Å². The number of aryl methyl sites for hydroxylation is 1. The molecule has 1 N–H and O–H groups in total. The van der Waals surface area contributed by atoms with Crippen LogP contribution in [0.3, 0.4) is 0 Å². The maximum Gasteiger partial charge on any atom is 0.262 e. The maximum absolute atomic E-state index is 12.0. The van der Waals surface area contributed by atoms with E-state index in [1.807, 2.05) is 42.5 Å². The van der Waals surface area contributed by atoms with Crippen molar-refractivity contribution in [3.05, 3.63) is 70.5 Å². The van der Waals surface area contributed by atoms with Gasteiger partial charge >= 0.3 is 0 Å². The minimum Gasteiger partial charge on any atom is -0.321 e. The SMILES string of the molecule is Cc1ccc(Sc2cc3ccccc3[nH]c2=O)cc1. The fourth-order valence-corrected chi connectivity index (χ4v) is 2.79. The molecule has 0 aliphatic rings. The van der Waals surface area contributed by atoms with Gasteiger partial charge < -0.3 is 4.98 Å². The lowest BCUT2D eigenvalue weighted by atomic mass is 10.2. The Bertz CT molecular complexity index is 775. The molecule has 0 radical (unpaired) electrons. The summed E-state index contributed by atoms with van der Waals surface area (Å²) in [4.78, 5) is 16.7. The highest BCUT2D eigenvalue weighted by Gasteiger charge is 2.04. The summed E-state index contributed by atoms with van der Waals surface area (Å²) in [6.07, 6.45) is 0. The van der Waals surface area contributed by atoms with E-state index in [4.69, 9.17) is 0 Å². The van der Waals surface area contributed by atoms with Gasteiger partial charge in [-0.15, -0.1) is 0 Å². The smallest absolute Gasteiger partial charge is 0.262 e. The number of aromatic nitrogens is 1. The quantitative estimate of drug-likeness (QED) is 0.761. The number of H-pyrrole nitrogens is 1. The van der Waals surface area contributed by atoms with Crippen molar-refractivity contribution in [3.63, 3.8) is 0 Å². The highest BCUT2D eigenvalue weighted by Crippen LogP contribution is 2.26. The molecule has 0 fully saturated rings. The second-order valence-electron chi connectivity index (χ2n) is 4.47. The van der Waals surface area contributed by atoms with E-state index in [1.165, 1.54) is 17.3 Å². The Morgan fingerprint density at radius 1 is 1.00 bits per heavy atom. The monoisotopic (exact) mass is 267 g/mol. The Hall–Kier alpha value is -2.00. The molecule has 0 saturated heterocycles. The van der Waals surface area contributed by atoms with Crippen molar-refractivity contribution >= 4 is 22.7 Å². The van der Waals surface area contributed by atoms with Gasteiger partial charge in [-0.2, -0.15) is 0 Å². The number of para-hydroxylation sites is 1. The number of hydrogen-bond acceptors (Lipinski definition) is 2. The summed E-state index contributed by atoms with van der Waals surface area (Å²) in [6.45, 7) is 2.05. The minimum atomic E-state index is -0.0377. The van der Waals surface area contributed by atoms with Gasteiger partial charge in [0.2, 0.25) is 0 Å². The molecule has 3 rings (SSSR count). The summed E-state index contributed by atoms with van der Waals surface area (Å²) in [7, 11) is 0. The van der Waals surface area contributed by atoms with Crippen LogP contribution in [0.4, 0.5) is 0 Å². The Morgan fingerprint density at radius 2 is 1.74 bits per heavy atom. The number of benzene rings is 2. The fourth-order valence-electron chi connectivity index (χ4n) is 1.94. The molecule has 2 aromatic carbocycles. The van der Waals surface area contributed by atoms with Crippen LogP contribution in [-0.2, 0) is 0 Å². The summed E-state index contributed by atoms with van der Waals surface area (Å²) in [6, 6.07) is 17.9. The van der Waals surface area contributed by atoms with Crippen LogP contribution in [0.2, 0.25) is 0 Å². The van der Waals surface area contributed by atoms with Crippen LogP contribution in [0.1, 0.15) is 5.56 Å². The van der Waals surface area contributed by atoms with Crippen LogP contribution in [0, 0.1) is 6.92 Å². The van der Waals surface area contributed by atoms with Gasteiger partial charge in [-0.3, -0.25) is 4.79 Å². The standard InChI is InChI=1S/C16H13NOS/c1-11-6-8-13(9-7-11)19-15-10-12-4-2-3-5-14(12)17-16(15)18/h2-10H,1H3,(H,17,18). The lowest BCUT2D eigenvalue weighted by molar-refractivity contribution is 1.19. The second kappa shape index (κ2) is 4.94. The fraction of sp³-hybridized carbons (Fsp3) is 0.0625. The number of rotatable bonds is 2. The topological polar surface area (TPSA) is 32.9 Å². The normalized spacial score (nSPS) is 10.8. The van der Waals surface area contributed by atoms with Crippen molar-refractivity contribution in [3.8, 4) is 0 Å². The maximum atomic E-state index is 12.0. The summed E-state index contributed by atoms with van der Waals surface area (Å²) in [5.74, 6) is 0. The third-order valence-electron chi connectivity index (χ3n) is 2.97. The van der Waals surface area contributed by atoms with Gasteiger partial charge in [-0.25, -0.2) is 0 Å². The molecule has 0 atom stereocenters. The van der Waals surface area contributed by atoms with Crippen molar-refractivity contribution in [2.45, 2.75) is 16.7 Å². The van der Waals surface area contributed by atoms with Crippen LogP contribution in [0.25, 0.3) is 10.9 Å². The third kappa shape index (κ3) is 2.56. The van der Waals surface area contributed by atoms with Gasteiger partial charge in [-0.05, 0) is 36.6 Å². The van der Waals surface area contributed by atoms with Crippen LogP contribution in [0.5, 0.6) is 0 Å². The van der Waals surface area contributed by atoms with Gasteiger partial charge in [0.25, 0.3) is 5.56 Å².